The minimum Gasteiger partial charge on any atom is -0.271 e. The Hall–Kier alpha value is -1.16. The van der Waals surface area contributed by atoms with Crippen LogP contribution in [0.25, 0.3) is 0 Å². The maximum atomic E-state index is 5.62. The van der Waals surface area contributed by atoms with E-state index in [4.69, 9.17) is 5.84 Å². The molecule has 2 nitrogen and oxygen atoms in total. The van der Waals surface area contributed by atoms with Gasteiger partial charge in [-0.05, 0) is 29.7 Å². The van der Waals surface area contributed by atoms with E-state index in [1.807, 2.05) is 30.3 Å². The first-order valence-corrected chi connectivity index (χ1v) is 6.34. The predicted molar refractivity (Wildman–Crippen MR) is 74.4 cm³/mol. The first-order chi connectivity index (χ1) is 8.29. The van der Waals surface area contributed by atoms with Crippen LogP contribution in [-0.2, 0) is 6.42 Å². The highest BCUT2D eigenvalue weighted by molar-refractivity contribution is 9.10. The summed E-state index contributed by atoms with van der Waals surface area (Å²) >= 11 is 3.43. The molecule has 0 saturated carbocycles. The molecule has 3 N–H and O–H groups in total. The molecule has 0 amide bonds. The van der Waals surface area contributed by atoms with E-state index in [0.717, 1.165) is 10.9 Å². The highest BCUT2D eigenvalue weighted by Crippen LogP contribution is 2.19. The summed E-state index contributed by atoms with van der Waals surface area (Å²) in [5.74, 6) is 5.62. The Morgan fingerprint density at radius 1 is 1.00 bits per heavy atom. The van der Waals surface area contributed by atoms with Crippen molar-refractivity contribution in [3.8, 4) is 0 Å². The molecule has 0 bridgehead atoms. The second-order valence-corrected chi connectivity index (χ2v) is 4.88. The van der Waals surface area contributed by atoms with Gasteiger partial charge >= 0.3 is 0 Å². The third-order valence-electron chi connectivity index (χ3n) is 2.76. The Bertz CT molecular complexity index is 453. The van der Waals surface area contributed by atoms with Crippen molar-refractivity contribution in [1.29, 1.82) is 0 Å². The highest BCUT2D eigenvalue weighted by atomic mass is 79.9. The SMILES string of the molecule is NNC(Cc1ccc(Br)cc1)c1ccccc1. The van der Waals surface area contributed by atoms with Gasteiger partial charge < -0.3 is 0 Å². The van der Waals surface area contributed by atoms with Gasteiger partial charge in [-0.15, -0.1) is 0 Å². The molecule has 1 unspecified atom stereocenters. The van der Waals surface area contributed by atoms with E-state index in [1.54, 1.807) is 0 Å². The fourth-order valence-electron chi connectivity index (χ4n) is 1.81. The number of halogens is 1. The van der Waals surface area contributed by atoms with E-state index in [-0.39, 0.29) is 6.04 Å². The summed E-state index contributed by atoms with van der Waals surface area (Å²) in [5.41, 5.74) is 5.34. The minimum absolute atomic E-state index is 0.150. The first-order valence-electron chi connectivity index (χ1n) is 5.55. The van der Waals surface area contributed by atoms with Crippen LogP contribution in [0.15, 0.2) is 59.1 Å². The molecule has 0 aliphatic rings. The van der Waals surface area contributed by atoms with Gasteiger partial charge in [-0.2, -0.15) is 0 Å². The number of nitrogens with one attached hydrogen (secondary N) is 1. The Morgan fingerprint density at radius 2 is 1.65 bits per heavy atom. The molecule has 2 rings (SSSR count). The molecule has 0 spiro atoms. The molecule has 0 aromatic heterocycles. The van der Waals surface area contributed by atoms with Crippen LogP contribution in [0.1, 0.15) is 17.2 Å². The Morgan fingerprint density at radius 3 is 2.24 bits per heavy atom. The van der Waals surface area contributed by atoms with Gasteiger partial charge in [0.15, 0.2) is 0 Å². The fraction of sp³-hybridized carbons (Fsp3) is 0.143. The third-order valence-corrected chi connectivity index (χ3v) is 3.28. The number of nitrogens with two attached hydrogens (primary N) is 1. The lowest BCUT2D eigenvalue weighted by atomic mass is 10.00. The fourth-order valence-corrected chi connectivity index (χ4v) is 2.08. The normalized spacial score (nSPS) is 12.4. The van der Waals surface area contributed by atoms with Crippen LogP contribution < -0.4 is 11.3 Å². The van der Waals surface area contributed by atoms with Gasteiger partial charge in [0.1, 0.15) is 0 Å². The second-order valence-electron chi connectivity index (χ2n) is 3.96. The van der Waals surface area contributed by atoms with E-state index < -0.39 is 0 Å². The summed E-state index contributed by atoms with van der Waals surface area (Å²) in [5, 5.41) is 0. The standard InChI is InChI=1S/C14H15BrN2/c15-13-8-6-11(7-9-13)10-14(17-16)12-4-2-1-3-5-12/h1-9,14,17H,10,16H2. The number of rotatable bonds is 4. The van der Waals surface area contributed by atoms with Crippen molar-refractivity contribution in [2.45, 2.75) is 12.5 Å². The van der Waals surface area contributed by atoms with Crippen LogP contribution in [0.3, 0.4) is 0 Å². The summed E-state index contributed by atoms with van der Waals surface area (Å²) in [7, 11) is 0. The molecule has 0 saturated heterocycles. The van der Waals surface area contributed by atoms with Crippen LogP contribution in [0, 0.1) is 0 Å². The van der Waals surface area contributed by atoms with E-state index in [1.165, 1.54) is 11.1 Å². The molecule has 17 heavy (non-hydrogen) atoms. The summed E-state index contributed by atoms with van der Waals surface area (Å²) < 4.78 is 1.10. The molecule has 3 heteroatoms. The summed E-state index contributed by atoms with van der Waals surface area (Å²) in [4.78, 5) is 0. The van der Waals surface area contributed by atoms with Crippen molar-refractivity contribution < 1.29 is 0 Å². The van der Waals surface area contributed by atoms with Crippen LogP contribution >= 0.6 is 15.9 Å². The average molecular weight is 291 g/mol. The molecule has 88 valence electrons. The van der Waals surface area contributed by atoms with Crippen molar-refractivity contribution in [2.75, 3.05) is 0 Å². The summed E-state index contributed by atoms with van der Waals surface area (Å²) in [6.45, 7) is 0. The molecule has 0 fully saturated rings. The topological polar surface area (TPSA) is 38.0 Å². The van der Waals surface area contributed by atoms with Crippen LogP contribution in [0.2, 0.25) is 0 Å². The van der Waals surface area contributed by atoms with Gasteiger partial charge in [-0.3, -0.25) is 11.3 Å². The quantitative estimate of drug-likeness (QED) is 0.670. The first kappa shape index (κ1) is 12.3. The van der Waals surface area contributed by atoms with Gasteiger partial charge in [0.2, 0.25) is 0 Å². The van der Waals surface area contributed by atoms with E-state index in [0.29, 0.717) is 0 Å². The maximum Gasteiger partial charge on any atom is 0.0500 e. The minimum atomic E-state index is 0.150. The molecule has 2 aromatic carbocycles. The molecule has 0 aliphatic heterocycles. The monoisotopic (exact) mass is 290 g/mol. The molecule has 0 aliphatic carbocycles. The lowest BCUT2D eigenvalue weighted by Crippen LogP contribution is -2.29. The number of benzene rings is 2. The van der Waals surface area contributed by atoms with Crippen molar-refractivity contribution >= 4 is 15.9 Å². The van der Waals surface area contributed by atoms with E-state index >= 15 is 0 Å². The molecule has 1 atom stereocenters. The van der Waals surface area contributed by atoms with Crippen molar-refractivity contribution in [3.63, 3.8) is 0 Å². The molecule has 0 heterocycles. The zero-order valence-electron chi connectivity index (χ0n) is 9.44. The number of hydrogen-bond acceptors (Lipinski definition) is 2. The summed E-state index contributed by atoms with van der Waals surface area (Å²) in [6.07, 6.45) is 0.883. The lowest BCUT2D eigenvalue weighted by Gasteiger charge is -2.16. The van der Waals surface area contributed by atoms with Gasteiger partial charge in [-0.1, -0.05) is 58.4 Å². The average Bonchev–Trinajstić information content (AvgIpc) is 2.39. The van der Waals surface area contributed by atoms with Crippen molar-refractivity contribution in [1.82, 2.24) is 5.43 Å². The van der Waals surface area contributed by atoms with Crippen molar-refractivity contribution in [2.24, 2.45) is 5.84 Å². The number of hydrogen-bond donors (Lipinski definition) is 2. The van der Waals surface area contributed by atoms with E-state index in [2.05, 4.69) is 45.6 Å². The van der Waals surface area contributed by atoms with Crippen LogP contribution in [-0.4, -0.2) is 0 Å². The second kappa shape index (κ2) is 5.96. The van der Waals surface area contributed by atoms with Gasteiger partial charge in [0, 0.05) is 10.5 Å². The number of hydrazine groups is 1. The molecule has 0 radical (unpaired) electrons. The maximum absolute atomic E-state index is 5.62. The van der Waals surface area contributed by atoms with E-state index in [9.17, 15) is 0 Å². The van der Waals surface area contributed by atoms with Crippen LogP contribution in [0.5, 0.6) is 0 Å². The largest absolute Gasteiger partial charge is 0.271 e. The zero-order chi connectivity index (χ0) is 12.1. The van der Waals surface area contributed by atoms with Gasteiger partial charge in [0.25, 0.3) is 0 Å². The smallest absolute Gasteiger partial charge is 0.0500 e. The summed E-state index contributed by atoms with van der Waals surface area (Å²) in [6, 6.07) is 18.7. The predicted octanol–water partition coefficient (Wildman–Crippen LogP) is 3.20. The highest BCUT2D eigenvalue weighted by Gasteiger charge is 2.09. The molecular weight excluding hydrogens is 276 g/mol. The van der Waals surface area contributed by atoms with Gasteiger partial charge in [0.05, 0.1) is 0 Å². The van der Waals surface area contributed by atoms with Crippen molar-refractivity contribution in [3.05, 3.63) is 70.2 Å². The Balaban J connectivity index is 2.13. The molecular formula is C14H15BrN2. The Kier molecular flexibility index (Phi) is 4.31. The lowest BCUT2D eigenvalue weighted by molar-refractivity contribution is 0.552. The Labute approximate surface area is 110 Å². The van der Waals surface area contributed by atoms with Gasteiger partial charge in [-0.25, -0.2) is 0 Å². The zero-order valence-corrected chi connectivity index (χ0v) is 11.0. The third kappa shape index (κ3) is 3.40. The van der Waals surface area contributed by atoms with Crippen LogP contribution in [0.4, 0.5) is 0 Å². The molecule has 2 aromatic rings.